The molecule has 1 N–H and O–H groups in total. The Hall–Kier alpha value is -1.85. The van der Waals surface area contributed by atoms with E-state index in [1.807, 2.05) is 24.1 Å². The van der Waals surface area contributed by atoms with E-state index in [2.05, 4.69) is 4.98 Å². The molecule has 0 atom stereocenters. The summed E-state index contributed by atoms with van der Waals surface area (Å²) >= 11 is 6.01. The molecular formula is C15H16ClFN2O2. The highest BCUT2D eigenvalue weighted by molar-refractivity contribution is 6.30. The smallest absolute Gasteiger partial charge is 0.194 e. The summed E-state index contributed by atoms with van der Waals surface area (Å²) in [4.78, 5) is 5.98. The molecule has 6 heteroatoms. The minimum atomic E-state index is -0.697. The van der Waals surface area contributed by atoms with Gasteiger partial charge in [0.15, 0.2) is 17.3 Å². The number of hydrogen-bond acceptors (Lipinski definition) is 4. The number of methoxy groups -OCH3 is 1. The molecular weight excluding hydrogens is 295 g/mol. The second-order valence-corrected chi connectivity index (χ2v) is 5.11. The fraction of sp³-hybridized carbons (Fsp3) is 0.267. The fourth-order valence-electron chi connectivity index (χ4n) is 2.07. The monoisotopic (exact) mass is 310 g/mol. The molecule has 0 amide bonds. The van der Waals surface area contributed by atoms with Crippen molar-refractivity contribution in [2.75, 3.05) is 14.2 Å². The lowest BCUT2D eigenvalue weighted by Crippen LogP contribution is -2.17. The van der Waals surface area contributed by atoms with Crippen LogP contribution in [0.5, 0.6) is 11.5 Å². The zero-order valence-corrected chi connectivity index (χ0v) is 12.6. The maximum Gasteiger partial charge on any atom is 0.194 e. The summed E-state index contributed by atoms with van der Waals surface area (Å²) in [6.07, 6.45) is 1.63. The van der Waals surface area contributed by atoms with Gasteiger partial charge in [-0.05, 0) is 30.8 Å². The van der Waals surface area contributed by atoms with E-state index in [4.69, 9.17) is 16.3 Å². The molecule has 0 aliphatic rings. The lowest BCUT2D eigenvalue weighted by Gasteiger charge is -2.18. The van der Waals surface area contributed by atoms with Gasteiger partial charge in [0.25, 0.3) is 0 Å². The van der Waals surface area contributed by atoms with Crippen LogP contribution in [0.2, 0.25) is 5.15 Å². The average Bonchev–Trinajstić information content (AvgIpc) is 2.45. The first kappa shape index (κ1) is 15.5. The molecule has 4 nitrogen and oxygen atoms in total. The second kappa shape index (κ2) is 6.74. The Morgan fingerprint density at radius 2 is 2.14 bits per heavy atom. The standard InChI is InChI=1S/C15H16ClFN2O2/c1-19(9-11-4-3-5-18-15(11)16)8-10-6-12(17)14(20)13(7-10)21-2/h3-7,20H,8-9H2,1-2H3. The lowest BCUT2D eigenvalue weighted by atomic mass is 10.1. The summed E-state index contributed by atoms with van der Waals surface area (Å²) in [6, 6.07) is 6.61. The third kappa shape index (κ3) is 3.83. The Labute approximate surface area is 127 Å². The van der Waals surface area contributed by atoms with Crippen molar-refractivity contribution in [2.24, 2.45) is 0 Å². The van der Waals surface area contributed by atoms with E-state index >= 15 is 0 Å². The van der Waals surface area contributed by atoms with Crippen LogP contribution in [-0.4, -0.2) is 29.1 Å². The number of halogens is 2. The first-order chi connectivity index (χ1) is 10.0. The van der Waals surface area contributed by atoms with E-state index in [-0.39, 0.29) is 5.75 Å². The molecule has 0 bridgehead atoms. The van der Waals surface area contributed by atoms with Crippen molar-refractivity contribution in [3.63, 3.8) is 0 Å². The van der Waals surface area contributed by atoms with E-state index in [1.165, 1.54) is 13.2 Å². The molecule has 0 spiro atoms. The number of phenolic OH excluding ortho intramolecular Hbond substituents is 1. The quantitative estimate of drug-likeness (QED) is 0.861. The van der Waals surface area contributed by atoms with Gasteiger partial charge >= 0.3 is 0 Å². The molecule has 0 radical (unpaired) electrons. The molecule has 1 heterocycles. The van der Waals surface area contributed by atoms with Gasteiger partial charge in [0.1, 0.15) is 5.15 Å². The normalized spacial score (nSPS) is 10.9. The average molecular weight is 311 g/mol. The summed E-state index contributed by atoms with van der Waals surface area (Å²) < 4.78 is 18.5. The van der Waals surface area contributed by atoms with Crippen LogP contribution >= 0.6 is 11.6 Å². The van der Waals surface area contributed by atoms with Crippen molar-refractivity contribution in [3.8, 4) is 11.5 Å². The lowest BCUT2D eigenvalue weighted by molar-refractivity contribution is 0.314. The summed E-state index contributed by atoms with van der Waals surface area (Å²) in [5.41, 5.74) is 1.59. The van der Waals surface area contributed by atoms with Gasteiger partial charge in [-0.25, -0.2) is 9.37 Å². The van der Waals surface area contributed by atoms with E-state index < -0.39 is 11.6 Å². The zero-order chi connectivity index (χ0) is 15.4. The Morgan fingerprint density at radius 3 is 2.81 bits per heavy atom. The van der Waals surface area contributed by atoms with Crippen LogP contribution in [0.25, 0.3) is 0 Å². The summed E-state index contributed by atoms with van der Waals surface area (Å²) in [7, 11) is 3.28. The van der Waals surface area contributed by atoms with Crippen LogP contribution in [-0.2, 0) is 13.1 Å². The van der Waals surface area contributed by atoms with Crippen molar-refractivity contribution in [3.05, 3.63) is 52.6 Å². The number of ether oxygens (including phenoxy) is 1. The maximum absolute atomic E-state index is 13.6. The fourth-order valence-corrected chi connectivity index (χ4v) is 2.25. The summed E-state index contributed by atoms with van der Waals surface area (Å²) in [6.45, 7) is 1.07. The van der Waals surface area contributed by atoms with Crippen LogP contribution in [0.4, 0.5) is 4.39 Å². The third-order valence-corrected chi connectivity index (χ3v) is 3.38. The number of aromatic nitrogens is 1. The van der Waals surface area contributed by atoms with Crippen molar-refractivity contribution < 1.29 is 14.2 Å². The second-order valence-electron chi connectivity index (χ2n) is 4.75. The first-order valence-electron chi connectivity index (χ1n) is 6.34. The molecule has 0 aliphatic heterocycles. The van der Waals surface area contributed by atoms with Crippen molar-refractivity contribution in [1.29, 1.82) is 0 Å². The molecule has 0 saturated carbocycles. The number of rotatable bonds is 5. The van der Waals surface area contributed by atoms with Crippen molar-refractivity contribution in [2.45, 2.75) is 13.1 Å². The highest BCUT2D eigenvalue weighted by Crippen LogP contribution is 2.30. The highest BCUT2D eigenvalue weighted by Gasteiger charge is 2.12. The number of hydrogen-bond donors (Lipinski definition) is 1. The minimum Gasteiger partial charge on any atom is -0.502 e. The molecule has 0 aliphatic carbocycles. The van der Waals surface area contributed by atoms with Crippen molar-refractivity contribution in [1.82, 2.24) is 9.88 Å². The number of phenols is 1. The predicted octanol–water partition coefficient (Wildman–Crippen LogP) is 3.22. The van der Waals surface area contributed by atoms with Gasteiger partial charge in [-0.3, -0.25) is 4.90 Å². The van der Waals surface area contributed by atoms with Gasteiger partial charge in [0.05, 0.1) is 7.11 Å². The third-order valence-electron chi connectivity index (χ3n) is 3.04. The van der Waals surface area contributed by atoms with Gasteiger partial charge in [-0.1, -0.05) is 17.7 Å². The predicted molar refractivity (Wildman–Crippen MR) is 79.0 cm³/mol. The molecule has 1 aromatic carbocycles. The molecule has 1 aromatic heterocycles. The molecule has 2 rings (SSSR count). The van der Waals surface area contributed by atoms with Gasteiger partial charge in [0, 0.05) is 24.8 Å². The molecule has 21 heavy (non-hydrogen) atoms. The zero-order valence-electron chi connectivity index (χ0n) is 11.8. The number of nitrogens with zero attached hydrogens (tertiary/aromatic N) is 2. The van der Waals surface area contributed by atoms with E-state index in [0.29, 0.717) is 23.8 Å². The maximum atomic E-state index is 13.6. The van der Waals surface area contributed by atoms with Crippen LogP contribution in [0.1, 0.15) is 11.1 Å². The highest BCUT2D eigenvalue weighted by atomic mass is 35.5. The largest absolute Gasteiger partial charge is 0.502 e. The number of aromatic hydroxyl groups is 1. The Bertz CT molecular complexity index is 637. The van der Waals surface area contributed by atoms with Crippen LogP contribution in [0.3, 0.4) is 0 Å². The van der Waals surface area contributed by atoms with Crippen LogP contribution in [0.15, 0.2) is 30.5 Å². The van der Waals surface area contributed by atoms with Gasteiger partial charge in [-0.15, -0.1) is 0 Å². The summed E-state index contributed by atoms with van der Waals surface area (Å²) in [5.74, 6) is -1.05. The topological polar surface area (TPSA) is 45.6 Å². The Kier molecular flexibility index (Phi) is 4.98. The number of benzene rings is 1. The number of pyridine rings is 1. The molecule has 0 saturated heterocycles. The van der Waals surface area contributed by atoms with Crippen LogP contribution < -0.4 is 4.74 Å². The SMILES string of the molecule is COc1cc(CN(C)Cc2cccnc2Cl)cc(F)c1O. The van der Waals surface area contributed by atoms with Gasteiger partial charge in [0.2, 0.25) is 0 Å². The van der Waals surface area contributed by atoms with Crippen LogP contribution in [0, 0.1) is 5.82 Å². The molecule has 112 valence electrons. The van der Waals surface area contributed by atoms with Gasteiger partial charge in [-0.2, -0.15) is 0 Å². The Balaban J connectivity index is 2.11. The van der Waals surface area contributed by atoms with E-state index in [0.717, 1.165) is 5.56 Å². The molecule has 0 fully saturated rings. The summed E-state index contributed by atoms with van der Waals surface area (Å²) in [5, 5.41) is 9.95. The van der Waals surface area contributed by atoms with E-state index in [9.17, 15) is 9.50 Å². The van der Waals surface area contributed by atoms with E-state index in [1.54, 1.807) is 12.3 Å². The first-order valence-corrected chi connectivity index (χ1v) is 6.72. The van der Waals surface area contributed by atoms with Gasteiger partial charge < -0.3 is 9.84 Å². The molecule has 2 aromatic rings. The molecule has 0 unspecified atom stereocenters. The van der Waals surface area contributed by atoms with Crippen molar-refractivity contribution >= 4 is 11.6 Å². The minimum absolute atomic E-state index is 0.123. The Morgan fingerprint density at radius 1 is 1.38 bits per heavy atom.